The number of ether oxygens (including phenoxy) is 1. The van der Waals surface area contributed by atoms with Crippen LogP contribution in [0.3, 0.4) is 0 Å². The second-order valence-electron chi connectivity index (χ2n) is 7.03. The zero-order chi connectivity index (χ0) is 19.0. The van der Waals surface area contributed by atoms with Crippen molar-refractivity contribution in [1.82, 2.24) is 0 Å². The van der Waals surface area contributed by atoms with E-state index in [0.717, 1.165) is 11.1 Å². The molecule has 2 heterocycles. The number of quaternary nitrogens is 1. The molecule has 2 aromatic carbocycles. The van der Waals surface area contributed by atoms with Crippen molar-refractivity contribution in [2.24, 2.45) is 0 Å². The predicted molar refractivity (Wildman–Crippen MR) is 98.8 cm³/mol. The highest BCUT2D eigenvalue weighted by molar-refractivity contribution is 6.25. The molecule has 0 radical (unpaired) electrons. The molecule has 0 amide bonds. The Balaban J connectivity index is 1.83. The van der Waals surface area contributed by atoms with Crippen LogP contribution in [-0.4, -0.2) is 35.7 Å². The first-order valence-corrected chi connectivity index (χ1v) is 8.85. The number of carbonyl (C=O) groups excluding carboxylic acids is 2. The van der Waals surface area contributed by atoms with E-state index in [-0.39, 0.29) is 29.0 Å². The number of nitriles is 1. The Morgan fingerprint density at radius 3 is 2.44 bits per heavy atom. The molecule has 134 valence electrons. The van der Waals surface area contributed by atoms with Crippen LogP contribution in [0.5, 0.6) is 0 Å². The van der Waals surface area contributed by atoms with E-state index in [1.807, 2.05) is 42.5 Å². The molecule has 0 saturated carbocycles. The van der Waals surface area contributed by atoms with Crippen molar-refractivity contribution >= 4 is 17.1 Å². The molecular formula is C22H19N2O3+. The number of Topliss-reactive ketones (excluding diaryl/α,β-unsaturated/α-hetero) is 2. The van der Waals surface area contributed by atoms with E-state index in [9.17, 15) is 9.59 Å². The van der Waals surface area contributed by atoms with Gasteiger partial charge in [-0.3, -0.25) is 9.59 Å². The van der Waals surface area contributed by atoms with Crippen LogP contribution >= 0.6 is 0 Å². The number of ketones is 2. The summed E-state index contributed by atoms with van der Waals surface area (Å²) < 4.78 is 5.96. The summed E-state index contributed by atoms with van der Waals surface area (Å²) in [5, 5.41) is 9.00. The van der Waals surface area contributed by atoms with Gasteiger partial charge < -0.3 is 4.74 Å². The number of methoxy groups -OCH3 is 1. The lowest BCUT2D eigenvalue weighted by molar-refractivity contribution is -0.914. The molecule has 1 fully saturated rings. The monoisotopic (exact) mass is 359 g/mol. The highest BCUT2D eigenvalue weighted by Crippen LogP contribution is 2.45. The van der Waals surface area contributed by atoms with Crippen LogP contribution in [0.15, 0.2) is 60.5 Å². The van der Waals surface area contributed by atoms with Crippen molar-refractivity contribution in [2.45, 2.75) is 19.0 Å². The van der Waals surface area contributed by atoms with Gasteiger partial charge in [-0.1, -0.05) is 42.5 Å². The number of rotatable bonds is 4. The summed E-state index contributed by atoms with van der Waals surface area (Å²) in [5.41, 5.74) is 2.94. The van der Waals surface area contributed by atoms with Gasteiger partial charge in [0.1, 0.15) is 18.7 Å². The van der Waals surface area contributed by atoms with Crippen molar-refractivity contribution in [3.63, 3.8) is 0 Å². The maximum absolute atomic E-state index is 13.2. The fourth-order valence-corrected chi connectivity index (χ4v) is 4.31. The quantitative estimate of drug-likeness (QED) is 0.788. The fraction of sp³-hybridized carbons (Fsp3) is 0.227. The van der Waals surface area contributed by atoms with E-state index in [1.54, 1.807) is 19.2 Å². The third-order valence-corrected chi connectivity index (χ3v) is 5.45. The van der Waals surface area contributed by atoms with Gasteiger partial charge in [0.2, 0.25) is 5.78 Å². The Labute approximate surface area is 157 Å². The smallest absolute Gasteiger partial charge is 0.304 e. The minimum atomic E-state index is -0.446. The van der Waals surface area contributed by atoms with Crippen molar-refractivity contribution < 1.29 is 18.8 Å². The molecule has 4 rings (SSSR count). The third-order valence-electron chi connectivity index (χ3n) is 5.45. The molecule has 0 aliphatic carbocycles. The summed E-state index contributed by atoms with van der Waals surface area (Å²) in [6.45, 7) is 0.725. The van der Waals surface area contributed by atoms with Gasteiger partial charge in [0.25, 0.3) is 0 Å². The van der Waals surface area contributed by atoms with Gasteiger partial charge in [-0.25, -0.2) is 4.48 Å². The lowest BCUT2D eigenvalue weighted by Crippen LogP contribution is -2.49. The molecule has 2 unspecified atom stereocenters. The highest BCUT2D eigenvalue weighted by atomic mass is 16.5. The Kier molecular flexibility index (Phi) is 4.14. The highest BCUT2D eigenvalue weighted by Gasteiger charge is 2.61. The molecule has 0 aromatic heterocycles. The van der Waals surface area contributed by atoms with E-state index in [2.05, 4.69) is 6.07 Å². The van der Waals surface area contributed by atoms with Gasteiger partial charge in [0, 0.05) is 5.56 Å². The average Bonchev–Trinajstić information content (AvgIpc) is 3.13. The second kappa shape index (κ2) is 6.49. The second-order valence-corrected chi connectivity index (χ2v) is 7.03. The largest absolute Gasteiger partial charge is 0.455 e. The zero-order valence-electron chi connectivity index (χ0n) is 15.0. The standard InChI is InChI=1S/C22H19N2O3/c1-27-22-20(17-5-3-2-4-6-17)21(26)19-11-18(25)14-24(19,22)13-16-9-7-15(12-23)8-10-16/h2-10,19H,11,13-14H2,1H3/q+1. The van der Waals surface area contributed by atoms with Crippen LogP contribution in [0.25, 0.3) is 5.57 Å². The maximum atomic E-state index is 13.2. The van der Waals surface area contributed by atoms with Crippen molar-refractivity contribution in [3.8, 4) is 6.07 Å². The average molecular weight is 359 g/mol. The number of carbonyl (C=O) groups is 2. The molecule has 5 heteroatoms. The van der Waals surface area contributed by atoms with Crippen molar-refractivity contribution in [3.05, 3.63) is 77.2 Å². The zero-order valence-corrected chi connectivity index (χ0v) is 15.0. The summed E-state index contributed by atoms with van der Waals surface area (Å²) >= 11 is 0. The minimum Gasteiger partial charge on any atom is -0.455 e. The molecule has 2 atom stereocenters. The molecule has 5 nitrogen and oxygen atoms in total. The van der Waals surface area contributed by atoms with Crippen LogP contribution in [-0.2, 0) is 20.9 Å². The summed E-state index contributed by atoms with van der Waals surface area (Å²) in [6.07, 6.45) is 0.234. The molecule has 27 heavy (non-hydrogen) atoms. The van der Waals surface area contributed by atoms with Crippen LogP contribution in [0.2, 0.25) is 0 Å². The molecular weight excluding hydrogens is 340 g/mol. The number of hydrogen-bond donors (Lipinski definition) is 0. The number of fused-ring (bicyclic) bond motifs is 1. The summed E-state index contributed by atoms with van der Waals surface area (Å²) in [5.74, 6) is 0.604. The van der Waals surface area contributed by atoms with E-state index >= 15 is 0 Å². The maximum Gasteiger partial charge on any atom is 0.304 e. The number of nitrogens with zero attached hydrogens (tertiary/aromatic N) is 2. The van der Waals surface area contributed by atoms with Crippen LogP contribution < -0.4 is 0 Å². The Hall–Kier alpha value is -3.23. The van der Waals surface area contributed by atoms with Gasteiger partial charge in [-0.2, -0.15) is 5.26 Å². The van der Waals surface area contributed by atoms with Crippen LogP contribution in [0.1, 0.15) is 23.1 Å². The third kappa shape index (κ3) is 2.66. The summed E-state index contributed by atoms with van der Waals surface area (Å²) in [7, 11) is 1.56. The molecule has 2 aliphatic heterocycles. The Morgan fingerprint density at radius 2 is 1.81 bits per heavy atom. The molecule has 0 bridgehead atoms. The van der Waals surface area contributed by atoms with Crippen molar-refractivity contribution in [1.29, 1.82) is 5.26 Å². The fourth-order valence-electron chi connectivity index (χ4n) is 4.31. The predicted octanol–water partition coefficient (Wildman–Crippen LogP) is 2.81. The lowest BCUT2D eigenvalue weighted by atomic mass is 9.99. The number of benzene rings is 2. The Morgan fingerprint density at radius 1 is 1.11 bits per heavy atom. The van der Waals surface area contributed by atoms with Gasteiger partial charge >= 0.3 is 5.88 Å². The van der Waals surface area contributed by atoms with E-state index < -0.39 is 6.04 Å². The van der Waals surface area contributed by atoms with Crippen LogP contribution in [0, 0.1) is 11.3 Å². The minimum absolute atomic E-state index is 0.0301. The molecule has 2 aliphatic rings. The van der Waals surface area contributed by atoms with E-state index in [1.165, 1.54) is 0 Å². The summed E-state index contributed by atoms with van der Waals surface area (Å²) in [6, 6.07) is 18.4. The van der Waals surface area contributed by atoms with Crippen molar-refractivity contribution in [2.75, 3.05) is 13.7 Å². The SMILES string of the molecule is COC1=C(c2ccccc2)C(=O)C2CC(=O)C[N+]12Cc1ccc(C#N)cc1. The van der Waals surface area contributed by atoms with Gasteiger partial charge in [0.15, 0.2) is 11.8 Å². The molecule has 2 aromatic rings. The summed E-state index contributed by atoms with van der Waals surface area (Å²) in [4.78, 5) is 25.6. The van der Waals surface area contributed by atoms with Gasteiger partial charge in [-0.15, -0.1) is 0 Å². The molecule has 0 N–H and O–H groups in total. The molecule has 0 spiro atoms. The van der Waals surface area contributed by atoms with Gasteiger partial charge in [0.05, 0.1) is 25.2 Å². The van der Waals surface area contributed by atoms with Crippen LogP contribution in [0.4, 0.5) is 0 Å². The first-order valence-electron chi connectivity index (χ1n) is 8.85. The number of hydrogen-bond acceptors (Lipinski definition) is 4. The van der Waals surface area contributed by atoms with Gasteiger partial charge in [-0.05, 0) is 17.7 Å². The van der Waals surface area contributed by atoms with E-state index in [0.29, 0.717) is 23.6 Å². The molecule has 1 saturated heterocycles. The normalized spacial score (nSPS) is 24.1. The lowest BCUT2D eigenvalue weighted by Gasteiger charge is -2.33. The first kappa shape index (κ1) is 17.2. The topological polar surface area (TPSA) is 67.2 Å². The first-order chi connectivity index (χ1) is 13.1. The van der Waals surface area contributed by atoms with E-state index in [4.69, 9.17) is 10.00 Å². The Bertz CT molecular complexity index is 986.